The molecule has 1 N–H and O–H groups in total. The zero-order valence-electron chi connectivity index (χ0n) is 21.9. The molecule has 38 heavy (non-hydrogen) atoms. The minimum Gasteiger partial charge on any atom is -0.497 e. The van der Waals surface area contributed by atoms with Crippen LogP contribution in [-0.2, 0) is 25.6 Å². The Morgan fingerprint density at radius 1 is 1.05 bits per heavy atom. The highest BCUT2D eigenvalue weighted by Gasteiger charge is 2.42. The summed E-state index contributed by atoms with van der Waals surface area (Å²) < 4.78 is 21.7. The summed E-state index contributed by atoms with van der Waals surface area (Å²) in [6.07, 6.45) is 0.110. The maximum atomic E-state index is 13.4. The lowest BCUT2D eigenvalue weighted by Crippen LogP contribution is -2.38. The Balaban J connectivity index is 1.66. The summed E-state index contributed by atoms with van der Waals surface area (Å²) in [5, 5.41) is 5.55. The van der Waals surface area contributed by atoms with E-state index < -0.39 is 12.0 Å². The van der Waals surface area contributed by atoms with Crippen LogP contribution in [-0.4, -0.2) is 56.5 Å². The Labute approximate surface area is 226 Å². The summed E-state index contributed by atoms with van der Waals surface area (Å²) in [5.74, 6) is 0.510. The lowest BCUT2D eigenvalue weighted by molar-refractivity contribution is -0.141. The third-order valence-electron chi connectivity index (χ3n) is 6.15. The molecule has 1 amide bonds. The molecule has 0 fully saturated rings. The Morgan fingerprint density at radius 2 is 1.84 bits per heavy atom. The number of amides is 1. The molecule has 0 bridgehead atoms. The molecule has 0 spiro atoms. The fourth-order valence-corrected chi connectivity index (χ4v) is 5.25. The van der Waals surface area contributed by atoms with E-state index in [1.54, 1.807) is 34.3 Å². The fourth-order valence-electron chi connectivity index (χ4n) is 4.29. The van der Waals surface area contributed by atoms with Crippen molar-refractivity contribution >= 4 is 28.8 Å². The number of esters is 1. The van der Waals surface area contributed by atoms with Gasteiger partial charge in [-0.2, -0.15) is 0 Å². The summed E-state index contributed by atoms with van der Waals surface area (Å²) >= 11 is 1.41. The van der Waals surface area contributed by atoms with Crippen LogP contribution in [0.3, 0.4) is 0 Å². The smallest absolute Gasteiger partial charge is 0.338 e. The number of carbonyl (C=O) groups is 2. The average Bonchev–Trinajstić information content (AvgIpc) is 3.33. The predicted molar refractivity (Wildman–Crippen MR) is 146 cm³/mol. The topological polar surface area (TPSA) is 98.7 Å². The minimum atomic E-state index is -0.624. The van der Waals surface area contributed by atoms with E-state index in [1.165, 1.54) is 11.8 Å². The number of nitrogens with one attached hydrogen (secondary N) is 1. The molecule has 4 rings (SSSR count). The number of ether oxygens (including phenoxy) is 4. The van der Waals surface area contributed by atoms with E-state index in [2.05, 4.69) is 5.32 Å². The molecule has 0 aliphatic carbocycles. The van der Waals surface area contributed by atoms with Crippen molar-refractivity contribution in [2.45, 2.75) is 25.9 Å². The molecular formula is C28H31N3O6S. The number of aliphatic imine (C=N–C) groups is 1. The highest BCUT2D eigenvalue weighted by molar-refractivity contribution is 8.16. The van der Waals surface area contributed by atoms with E-state index in [1.807, 2.05) is 52.8 Å². The van der Waals surface area contributed by atoms with Crippen molar-refractivity contribution < 1.29 is 28.5 Å². The van der Waals surface area contributed by atoms with Crippen LogP contribution < -0.4 is 14.8 Å². The van der Waals surface area contributed by atoms with Gasteiger partial charge in [0.25, 0.3) is 0 Å². The van der Waals surface area contributed by atoms with Crippen LogP contribution in [0.4, 0.5) is 0 Å². The van der Waals surface area contributed by atoms with E-state index in [4.69, 9.17) is 23.9 Å². The van der Waals surface area contributed by atoms with Crippen LogP contribution in [0.25, 0.3) is 0 Å². The number of rotatable bonds is 11. The van der Waals surface area contributed by atoms with Gasteiger partial charge in [-0.1, -0.05) is 42.1 Å². The molecule has 1 atom stereocenters. The number of allylic oxidation sites excluding steroid dienone is 1. The number of amidine groups is 1. The van der Waals surface area contributed by atoms with Crippen LogP contribution in [0.2, 0.25) is 0 Å². The minimum absolute atomic E-state index is 0.106. The molecule has 2 aromatic carbocycles. The number of thioether (sulfide) groups is 1. The maximum absolute atomic E-state index is 13.4. The summed E-state index contributed by atoms with van der Waals surface area (Å²) in [7, 11) is 4.69. The van der Waals surface area contributed by atoms with Gasteiger partial charge >= 0.3 is 5.97 Å². The quantitative estimate of drug-likeness (QED) is 0.337. The van der Waals surface area contributed by atoms with Crippen LogP contribution in [0.1, 0.15) is 30.5 Å². The fraction of sp³-hybridized carbons (Fsp3) is 0.321. The van der Waals surface area contributed by atoms with Gasteiger partial charge in [0.15, 0.2) is 5.17 Å². The average molecular weight is 538 g/mol. The van der Waals surface area contributed by atoms with Gasteiger partial charge in [0.1, 0.15) is 18.1 Å². The normalized spacial score (nSPS) is 16.4. The monoisotopic (exact) mass is 537 g/mol. The predicted octanol–water partition coefficient (Wildman–Crippen LogP) is 4.17. The first-order valence-corrected chi connectivity index (χ1v) is 13.0. The molecule has 0 unspecified atom stereocenters. The molecule has 0 saturated carbocycles. The number of hydrogen-bond acceptors (Lipinski definition) is 9. The zero-order valence-corrected chi connectivity index (χ0v) is 22.7. The maximum Gasteiger partial charge on any atom is 0.338 e. The Bertz CT molecular complexity index is 1270. The molecule has 2 aliphatic heterocycles. The lowest BCUT2D eigenvalue weighted by atomic mass is 9.93. The first-order valence-electron chi connectivity index (χ1n) is 12.1. The molecule has 9 nitrogen and oxygen atoms in total. The number of carbonyl (C=O) groups excluding carboxylic acids is 2. The highest BCUT2D eigenvalue weighted by Crippen LogP contribution is 2.47. The number of methoxy groups -OCH3 is 3. The summed E-state index contributed by atoms with van der Waals surface area (Å²) in [6.45, 7) is 2.59. The molecule has 0 saturated heterocycles. The summed E-state index contributed by atoms with van der Waals surface area (Å²) in [6, 6.07) is 14.5. The van der Waals surface area contributed by atoms with Gasteiger partial charge in [0.05, 0.1) is 44.6 Å². The summed E-state index contributed by atoms with van der Waals surface area (Å²) in [4.78, 5) is 32.9. The van der Waals surface area contributed by atoms with Crippen LogP contribution in [0.5, 0.6) is 11.5 Å². The second kappa shape index (κ2) is 12.7. The van der Waals surface area contributed by atoms with Crippen molar-refractivity contribution in [3.8, 4) is 11.5 Å². The standard InChI is InChI=1S/C28H31N3O6S/c1-18-25(27(33)37-13-12-34-2)26(22-11-10-21(35-3)15-23(22)36-4)31-20(17-38-28(31)30-18)14-24(32)29-16-19-8-6-5-7-9-19/h5-11,15,17,26H,12-14,16H2,1-4H3,(H,29,32)/t26-/m0/s1. The van der Waals surface area contributed by atoms with E-state index >= 15 is 0 Å². The number of fused-ring (bicyclic) bond motifs is 1. The first kappa shape index (κ1) is 27.3. The lowest BCUT2D eigenvalue weighted by Gasteiger charge is -2.36. The molecular weight excluding hydrogens is 506 g/mol. The van der Waals surface area contributed by atoms with Gasteiger partial charge in [0.2, 0.25) is 5.91 Å². The molecule has 0 radical (unpaired) electrons. The molecule has 0 aromatic heterocycles. The van der Waals surface area contributed by atoms with Crippen molar-refractivity contribution in [3.05, 3.63) is 82.0 Å². The number of nitrogens with zero attached hydrogens (tertiary/aromatic N) is 2. The molecule has 200 valence electrons. The number of benzene rings is 2. The van der Waals surface area contributed by atoms with E-state index in [-0.39, 0.29) is 25.5 Å². The van der Waals surface area contributed by atoms with Gasteiger partial charge in [-0.3, -0.25) is 4.79 Å². The van der Waals surface area contributed by atoms with Gasteiger partial charge in [-0.25, -0.2) is 9.79 Å². The van der Waals surface area contributed by atoms with Crippen molar-refractivity contribution in [1.82, 2.24) is 10.2 Å². The van der Waals surface area contributed by atoms with Gasteiger partial charge in [-0.15, -0.1) is 0 Å². The Kier molecular flexibility index (Phi) is 9.09. The third kappa shape index (κ3) is 6.03. The van der Waals surface area contributed by atoms with E-state index in [0.29, 0.717) is 34.5 Å². The van der Waals surface area contributed by atoms with Crippen LogP contribution in [0, 0.1) is 0 Å². The Hall–Kier alpha value is -3.76. The van der Waals surface area contributed by atoms with Gasteiger partial charge in [0, 0.05) is 31.0 Å². The third-order valence-corrected chi connectivity index (χ3v) is 7.04. The van der Waals surface area contributed by atoms with Crippen molar-refractivity contribution in [1.29, 1.82) is 0 Å². The van der Waals surface area contributed by atoms with Crippen molar-refractivity contribution in [3.63, 3.8) is 0 Å². The Morgan fingerprint density at radius 3 is 2.55 bits per heavy atom. The zero-order chi connectivity index (χ0) is 27.1. The summed E-state index contributed by atoms with van der Waals surface area (Å²) in [5.41, 5.74) is 3.36. The molecule has 10 heteroatoms. The molecule has 2 aliphatic rings. The van der Waals surface area contributed by atoms with E-state index in [9.17, 15) is 9.59 Å². The highest BCUT2D eigenvalue weighted by atomic mass is 32.2. The second-order valence-corrected chi connectivity index (χ2v) is 9.41. The van der Waals surface area contributed by atoms with E-state index in [0.717, 1.165) is 16.8 Å². The van der Waals surface area contributed by atoms with Gasteiger partial charge < -0.3 is 29.2 Å². The van der Waals surface area contributed by atoms with Gasteiger partial charge in [-0.05, 0) is 30.0 Å². The SMILES string of the molecule is COCCOC(=O)C1=C(C)N=C2SC=C(CC(=O)NCc3ccccc3)N2[C@H]1c1ccc(OC)cc1OC. The first-order chi connectivity index (χ1) is 18.5. The number of hydrogen-bond donors (Lipinski definition) is 1. The van der Waals surface area contributed by atoms with Crippen LogP contribution in [0.15, 0.2) is 75.9 Å². The second-order valence-electron chi connectivity index (χ2n) is 8.57. The van der Waals surface area contributed by atoms with Crippen molar-refractivity contribution in [2.75, 3.05) is 34.5 Å². The largest absolute Gasteiger partial charge is 0.497 e. The van der Waals surface area contributed by atoms with Crippen molar-refractivity contribution in [2.24, 2.45) is 4.99 Å². The molecule has 2 aromatic rings. The van der Waals surface area contributed by atoms with Crippen LogP contribution >= 0.6 is 11.8 Å². The molecule has 2 heterocycles.